The summed E-state index contributed by atoms with van der Waals surface area (Å²) in [5.74, 6) is -1.87. The van der Waals surface area contributed by atoms with Gasteiger partial charge in [-0.25, -0.2) is 0 Å². The highest BCUT2D eigenvalue weighted by Gasteiger charge is 2.79. The molecule has 0 radical (unpaired) electrons. The zero-order valence-electron chi connectivity index (χ0n) is 26.2. The van der Waals surface area contributed by atoms with Crippen LogP contribution < -0.4 is 4.90 Å². The molecule has 0 saturated carbocycles. The Balaban J connectivity index is 1.59. The number of nitrogens with zero attached hydrogens (tertiary/aromatic N) is 3. The van der Waals surface area contributed by atoms with Crippen molar-refractivity contribution in [3.05, 3.63) is 67.8 Å². The number of anilines is 1. The number of carbonyl (C=O) groups is 3. The lowest BCUT2D eigenvalue weighted by molar-refractivity contribution is -0.151. The van der Waals surface area contributed by atoms with E-state index in [0.717, 1.165) is 29.3 Å². The highest BCUT2D eigenvalue weighted by atomic mass is 16.5. The molecule has 8 nitrogen and oxygen atoms in total. The maximum atomic E-state index is 14.9. The molecule has 3 heterocycles. The molecule has 3 aliphatic heterocycles. The summed E-state index contributed by atoms with van der Waals surface area (Å²) in [5.41, 5.74) is -1.16. The molecule has 3 aliphatic rings. The van der Waals surface area contributed by atoms with Crippen molar-refractivity contribution in [2.45, 2.75) is 76.0 Å². The van der Waals surface area contributed by atoms with Gasteiger partial charge in [0.05, 0.1) is 17.4 Å². The highest BCUT2D eigenvalue weighted by Crippen LogP contribution is 2.64. The third-order valence-corrected chi connectivity index (χ3v) is 10.0. The zero-order valence-corrected chi connectivity index (χ0v) is 26.2. The Morgan fingerprint density at radius 1 is 1.02 bits per heavy atom. The van der Waals surface area contributed by atoms with E-state index in [1.165, 1.54) is 0 Å². The Labute approximate surface area is 261 Å². The minimum atomic E-state index is -1.09. The van der Waals surface area contributed by atoms with E-state index in [-0.39, 0.29) is 30.9 Å². The van der Waals surface area contributed by atoms with Crippen LogP contribution in [0.1, 0.15) is 58.8 Å². The first-order valence-electron chi connectivity index (χ1n) is 16.2. The number of hydrogen-bond acceptors (Lipinski definition) is 5. The van der Waals surface area contributed by atoms with E-state index in [4.69, 9.17) is 4.74 Å². The fraction of sp³-hybridized carbons (Fsp3) is 0.528. The van der Waals surface area contributed by atoms with Gasteiger partial charge in [-0.1, -0.05) is 56.3 Å². The summed E-state index contributed by atoms with van der Waals surface area (Å²) in [6.07, 6.45) is 7.96. The third kappa shape index (κ3) is 5.26. The molecule has 1 N–H and O–H groups in total. The minimum Gasteiger partial charge on any atom is -0.396 e. The SMILES string of the molecule is C=CCN(CCC)C(=O)[C@@H]1[C@H]2C(=O)N(CCCCCO)C(C(=O)N(CC=C)c3ccc4ccccc4c3)C23CC[C@@]1(CC)O3. The fourth-order valence-corrected chi connectivity index (χ4v) is 8.04. The minimum absolute atomic E-state index is 0.0766. The first kappa shape index (κ1) is 31.9. The number of benzene rings is 2. The molecular weight excluding hydrogens is 554 g/mol. The van der Waals surface area contributed by atoms with E-state index < -0.39 is 29.1 Å². The molecule has 5 rings (SSSR count). The molecule has 3 fully saturated rings. The van der Waals surface area contributed by atoms with E-state index in [0.29, 0.717) is 51.7 Å². The maximum Gasteiger partial charge on any atom is 0.253 e. The van der Waals surface area contributed by atoms with Crippen LogP contribution in [-0.4, -0.2) is 82.7 Å². The van der Waals surface area contributed by atoms with Crippen LogP contribution in [0.4, 0.5) is 5.69 Å². The summed E-state index contributed by atoms with van der Waals surface area (Å²) >= 11 is 0. The van der Waals surface area contributed by atoms with Crippen molar-refractivity contribution in [2.24, 2.45) is 11.8 Å². The van der Waals surface area contributed by atoms with Crippen molar-refractivity contribution >= 4 is 34.2 Å². The number of fused-ring (bicyclic) bond motifs is 2. The predicted octanol–water partition coefficient (Wildman–Crippen LogP) is 5.10. The summed E-state index contributed by atoms with van der Waals surface area (Å²) in [4.78, 5) is 49.0. The molecule has 2 unspecified atom stereocenters. The average Bonchev–Trinajstić information content (AvgIpc) is 3.64. The molecular formula is C36H47N3O5. The molecule has 0 aromatic heterocycles. The Morgan fingerprint density at radius 3 is 2.45 bits per heavy atom. The number of carbonyl (C=O) groups excluding carboxylic acids is 3. The first-order valence-corrected chi connectivity index (χ1v) is 16.2. The second-order valence-corrected chi connectivity index (χ2v) is 12.5. The Kier molecular flexibility index (Phi) is 9.61. The summed E-state index contributed by atoms with van der Waals surface area (Å²) in [7, 11) is 0. The molecule has 2 bridgehead atoms. The Hall–Kier alpha value is -3.49. The largest absolute Gasteiger partial charge is 0.396 e. The van der Waals surface area contributed by atoms with Crippen LogP contribution in [0.25, 0.3) is 10.8 Å². The number of aliphatic hydroxyl groups excluding tert-OH is 1. The first-order chi connectivity index (χ1) is 21.3. The quantitative estimate of drug-likeness (QED) is 0.227. The summed E-state index contributed by atoms with van der Waals surface area (Å²) in [6, 6.07) is 13.1. The molecule has 44 heavy (non-hydrogen) atoms. The normalized spacial score (nSPS) is 27.0. The van der Waals surface area contributed by atoms with Gasteiger partial charge in [0.15, 0.2) is 0 Å². The number of hydrogen-bond donors (Lipinski definition) is 1. The van der Waals surface area contributed by atoms with Gasteiger partial charge in [-0.15, -0.1) is 13.2 Å². The Bertz CT molecular complexity index is 1410. The van der Waals surface area contributed by atoms with Gasteiger partial charge in [0, 0.05) is 38.5 Å². The summed E-state index contributed by atoms with van der Waals surface area (Å²) in [6.45, 7) is 13.5. The van der Waals surface area contributed by atoms with Gasteiger partial charge in [0.25, 0.3) is 5.91 Å². The second kappa shape index (κ2) is 13.2. The van der Waals surface area contributed by atoms with Crippen molar-refractivity contribution in [2.75, 3.05) is 37.7 Å². The number of ether oxygens (including phenoxy) is 1. The molecule has 0 aliphatic carbocycles. The summed E-state index contributed by atoms with van der Waals surface area (Å²) < 4.78 is 7.01. The molecule has 2 aromatic rings. The lowest BCUT2D eigenvalue weighted by Gasteiger charge is -2.37. The van der Waals surface area contributed by atoms with Crippen LogP contribution in [0.2, 0.25) is 0 Å². The van der Waals surface area contributed by atoms with Crippen LogP contribution in [0, 0.1) is 11.8 Å². The van der Waals surface area contributed by atoms with Crippen LogP contribution >= 0.6 is 0 Å². The molecule has 236 valence electrons. The molecule has 3 saturated heterocycles. The topological polar surface area (TPSA) is 90.4 Å². The monoisotopic (exact) mass is 601 g/mol. The molecule has 8 heteroatoms. The predicted molar refractivity (Wildman–Crippen MR) is 173 cm³/mol. The lowest BCUT2D eigenvalue weighted by Crippen LogP contribution is -2.56. The molecule has 1 spiro atoms. The van der Waals surface area contributed by atoms with E-state index >= 15 is 0 Å². The number of aliphatic hydroxyl groups is 1. The fourth-order valence-electron chi connectivity index (χ4n) is 8.04. The zero-order chi connectivity index (χ0) is 31.5. The molecule has 2 aromatic carbocycles. The van der Waals surface area contributed by atoms with Gasteiger partial charge >= 0.3 is 0 Å². The molecule has 3 amide bonds. The van der Waals surface area contributed by atoms with Crippen molar-refractivity contribution in [3.63, 3.8) is 0 Å². The average molecular weight is 602 g/mol. The third-order valence-electron chi connectivity index (χ3n) is 10.0. The lowest BCUT2D eigenvalue weighted by atomic mass is 9.64. The van der Waals surface area contributed by atoms with E-state index in [1.807, 2.05) is 56.3 Å². The van der Waals surface area contributed by atoms with Crippen LogP contribution in [-0.2, 0) is 19.1 Å². The smallest absolute Gasteiger partial charge is 0.253 e. The number of amides is 3. The second-order valence-electron chi connectivity index (χ2n) is 12.5. The van der Waals surface area contributed by atoms with Crippen LogP contribution in [0.15, 0.2) is 67.8 Å². The molecule has 5 atom stereocenters. The van der Waals surface area contributed by atoms with Crippen LogP contribution in [0.3, 0.4) is 0 Å². The van der Waals surface area contributed by atoms with Gasteiger partial charge in [-0.2, -0.15) is 0 Å². The summed E-state index contributed by atoms with van der Waals surface area (Å²) in [5, 5.41) is 11.5. The van der Waals surface area contributed by atoms with Crippen molar-refractivity contribution in [1.82, 2.24) is 9.80 Å². The maximum absolute atomic E-state index is 14.9. The van der Waals surface area contributed by atoms with E-state index in [1.54, 1.807) is 26.9 Å². The van der Waals surface area contributed by atoms with E-state index in [2.05, 4.69) is 13.2 Å². The number of likely N-dealkylation sites (tertiary alicyclic amines) is 1. The van der Waals surface area contributed by atoms with Gasteiger partial charge in [-0.05, 0) is 67.9 Å². The number of unbranched alkanes of at least 4 members (excludes halogenated alkanes) is 2. The van der Waals surface area contributed by atoms with E-state index in [9.17, 15) is 19.5 Å². The van der Waals surface area contributed by atoms with Crippen molar-refractivity contribution in [1.29, 1.82) is 0 Å². The van der Waals surface area contributed by atoms with Gasteiger partial charge in [-0.3, -0.25) is 14.4 Å². The van der Waals surface area contributed by atoms with Gasteiger partial charge in [0.2, 0.25) is 11.8 Å². The van der Waals surface area contributed by atoms with Crippen molar-refractivity contribution in [3.8, 4) is 0 Å². The number of rotatable bonds is 15. The van der Waals surface area contributed by atoms with Crippen LogP contribution in [0.5, 0.6) is 0 Å². The Morgan fingerprint density at radius 2 is 1.77 bits per heavy atom. The standard InChI is InChI=1S/C36H47N3O5/c1-5-20-37(21-6-2)32(41)29-30-33(42)39(23-12-9-13-24-40)31(36(30)19-18-35(29,8-4)44-36)34(43)38(22-7-3)28-17-16-26-14-10-11-15-27(26)25-28/h5,7,10-11,14-17,25,29-31,40H,1,3,6,8-9,12-13,18-24H2,2,4H3/t29-,30-,31?,35+,36?/m0/s1. The highest BCUT2D eigenvalue weighted by molar-refractivity contribution is 6.06. The van der Waals surface area contributed by atoms with Gasteiger partial charge < -0.3 is 24.5 Å². The van der Waals surface area contributed by atoms with Crippen molar-refractivity contribution < 1.29 is 24.2 Å². The van der Waals surface area contributed by atoms with Gasteiger partial charge in [0.1, 0.15) is 11.6 Å².